The number of nitrogens with one attached hydrogen (secondary N) is 1. The van der Waals surface area contributed by atoms with Crippen molar-refractivity contribution < 1.29 is 9.59 Å². The first-order chi connectivity index (χ1) is 9.83. The molecule has 2 amide bonds. The Morgan fingerprint density at radius 2 is 1.81 bits per heavy atom. The molecule has 3 rings (SSSR count). The molecule has 1 aliphatic carbocycles. The Hall–Kier alpha value is -1.36. The summed E-state index contributed by atoms with van der Waals surface area (Å²) in [6.45, 7) is 5.91. The predicted octanol–water partition coefficient (Wildman–Crippen LogP) is 2.70. The zero-order chi connectivity index (χ0) is 15.4. The normalized spacial score (nSPS) is 26.0. The molecule has 1 saturated carbocycles. The molecule has 4 nitrogen and oxygen atoms in total. The average molecular weight is 351 g/mol. The number of benzene rings is 1. The van der Waals surface area contributed by atoms with Crippen LogP contribution in [0.2, 0.25) is 0 Å². The molecule has 1 atom stereocenters. The van der Waals surface area contributed by atoms with E-state index < -0.39 is 5.54 Å². The summed E-state index contributed by atoms with van der Waals surface area (Å²) >= 11 is 3.47. The van der Waals surface area contributed by atoms with Crippen molar-refractivity contribution in [2.45, 2.75) is 39.2 Å². The Kier molecular flexibility index (Phi) is 3.35. The second-order valence-corrected chi connectivity index (χ2v) is 7.22. The van der Waals surface area contributed by atoms with Gasteiger partial charge in [0, 0.05) is 4.47 Å². The summed E-state index contributed by atoms with van der Waals surface area (Å²) in [7, 11) is 0. The van der Waals surface area contributed by atoms with Gasteiger partial charge < -0.3 is 10.2 Å². The van der Waals surface area contributed by atoms with Gasteiger partial charge in [0.1, 0.15) is 12.1 Å². The van der Waals surface area contributed by atoms with E-state index >= 15 is 0 Å². The second-order valence-electron chi connectivity index (χ2n) is 6.30. The first-order valence-corrected chi connectivity index (χ1v) is 8.02. The van der Waals surface area contributed by atoms with E-state index in [1.54, 1.807) is 4.90 Å². The molecule has 1 aromatic rings. The Labute approximate surface area is 133 Å². The lowest BCUT2D eigenvalue weighted by atomic mass is 9.90. The van der Waals surface area contributed by atoms with Crippen LogP contribution in [0.5, 0.6) is 0 Å². The smallest absolute Gasteiger partial charge is 0.253 e. The van der Waals surface area contributed by atoms with E-state index in [0.717, 1.165) is 34.1 Å². The fourth-order valence-electron chi connectivity index (χ4n) is 3.33. The zero-order valence-electron chi connectivity index (χ0n) is 12.5. The quantitative estimate of drug-likeness (QED) is 0.891. The first-order valence-electron chi connectivity index (χ1n) is 7.22. The van der Waals surface area contributed by atoms with Gasteiger partial charge in [-0.1, -0.05) is 15.9 Å². The molecule has 1 heterocycles. The van der Waals surface area contributed by atoms with Crippen molar-refractivity contribution >= 4 is 33.4 Å². The van der Waals surface area contributed by atoms with E-state index in [4.69, 9.17) is 0 Å². The van der Waals surface area contributed by atoms with E-state index in [2.05, 4.69) is 21.2 Å². The standard InChI is InChI=1S/C16H19BrN2O2/c1-9-6-12(17)7-10(2)14(9)19-8-13(20)18-16(3,15(19)21)11-4-5-11/h6-7,11H,4-5,8H2,1-3H3,(H,18,20). The maximum Gasteiger partial charge on any atom is 0.253 e. The number of nitrogens with zero attached hydrogens (tertiary/aromatic N) is 1. The highest BCUT2D eigenvalue weighted by Gasteiger charge is 2.53. The fraction of sp³-hybridized carbons (Fsp3) is 0.500. The third-order valence-electron chi connectivity index (χ3n) is 4.51. The fourth-order valence-corrected chi connectivity index (χ4v) is 4.01. The lowest BCUT2D eigenvalue weighted by molar-refractivity contribution is -0.136. The van der Waals surface area contributed by atoms with Crippen LogP contribution in [0.1, 0.15) is 30.9 Å². The molecule has 1 unspecified atom stereocenters. The van der Waals surface area contributed by atoms with E-state index in [9.17, 15) is 9.59 Å². The Morgan fingerprint density at radius 1 is 1.24 bits per heavy atom. The molecule has 112 valence electrons. The molecule has 21 heavy (non-hydrogen) atoms. The SMILES string of the molecule is Cc1cc(Br)cc(C)c1N1CC(=O)NC(C)(C2CC2)C1=O. The molecule has 0 spiro atoms. The van der Waals surface area contributed by atoms with Gasteiger partial charge >= 0.3 is 0 Å². The van der Waals surface area contributed by atoms with Gasteiger partial charge in [-0.2, -0.15) is 0 Å². The van der Waals surface area contributed by atoms with Crippen LogP contribution >= 0.6 is 15.9 Å². The van der Waals surface area contributed by atoms with Crippen LogP contribution in [0, 0.1) is 19.8 Å². The summed E-state index contributed by atoms with van der Waals surface area (Å²) in [6.07, 6.45) is 2.02. The van der Waals surface area contributed by atoms with E-state index in [0.29, 0.717) is 0 Å². The van der Waals surface area contributed by atoms with Gasteiger partial charge in [-0.25, -0.2) is 0 Å². The summed E-state index contributed by atoms with van der Waals surface area (Å²) in [5.74, 6) is 0.205. The van der Waals surface area contributed by atoms with Gasteiger partial charge in [-0.05, 0) is 62.8 Å². The van der Waals surface area contributed by atoms with Crippen molar-refractivity contribution in [3.63, 3.8) is 0 Å². The molecule has 0 bridgehead atoms. The van der Waals surface area contributed by atoms with Gasteiger partial charge in [-0.15, -0.1) is 0 Å². The van der Waals surface area contributed by atoms with Gasteiger partial charge in [0.2, 0.25) is 5.91 Å². The van der Waals surface area contributed by atoms with Crippen LogP contribution < -0.4 is 10.2 Å². The number of piperazine rings is 1. The van der Waals surface area contributed by atoms with E-state index in [-0.39, 0.29) is 24.3 Å². The summed E-state index contributed by atoms with van der Waals surface area (Å²) in [5.41, 5.74) is 2.12. The van der Waals surface area contributed by atoms with Crippen LogP contribution in [0.3, 0.4) is 0 Å². The first kappa shape index (κ1) is 14.6. The van der Waals surface area contributed by atoms with Crippen LogP contribution in [0.15, 0.2) is 16.6 Å². The molecule has 1 N–H and O–H groups in total. The molecule has 1 aliphatic heterocycles. The number of anilines is 1. The van der Waals surface area contributed by atoms with E-state index in [1.807, 2.05) is 32.9 Å². The van der Waals surface area contributed by atoms with Crippen molar-refractivity contribution in [2.75, 3.05) is 11.4 Å². The van der Waals surface area contributed by atoms with Crippen molar-refractivity contribution in [1.29, 1.82) is 0 Å². The number of rotatable bonds is 2. The highest BCUT2D eigenvalue weighted by atomic mass is 79.9. The number of amides is 2. The highest BCUT2D eigenvalue weighted by molar-refractivity contribution is 9.10. The van der Waals surface area contributed by atoms with Crippen molar-refractivity contribution in [3.8, 4) is 0 Å². The van der Waals surface area contributed by atoms with Crippen molar-refractivity contribution in [3.05, 3.63) is 27.7 Å². The summed E-state index contributed by atoms with van der Waals surface area (Å²) in [5, 5.41) is 2.92. The molecule has 5 heteroatoms. The molecule has 2 fully saturated rings. The summed E-state index contributed by atoms with van der Waals surface area (Å²) < 4.78 is 0.986. The summed E-state index contributed by atoms with van der Waals surface area (Å²) in [6, 6.07) is 3.97. The molecule has 0 aromatic heterocycles. The minimum atomic E-state index is -0.749. The Bertz CT molecular complexity index is 616. The zero-order valence-corrected chi connectivity index (χ0v) is 14.1. The number of hydrogen-bond donors (Lipinski definition) is 1. The largest absolute Gasteiger partial charge is 0.340 e. The maximum absolute atomic E-state index is 13.0. The number of carbonyl (C=O) groups excluding carboxylic acids is 2. The van der Waals surface area contributed by atoms with Crippen LogP contribution in [0.4, 0.5) is 5.69 Å². The second kappa shape index (κ2) is 4.83. The van der Waals surface area contributed by atoms with Crippen molar-refractivity contribution in [1.82, 2.24) is 5.32 Å². The number of carbonyl (C=O) groups is 2. The predicted molar refractivity (Wildman–Crippen MR) is 85.2 cm³/mol. The van der Waals surface area contributed by atoms with Crippen LogP contribution in [0.25, 0.3) is 0 Å². The van der Waals surface area contributed by atoms with Crippen LogP contribution in [-0.2, 0) is 9.59 Å². The Morgan fingerprint density at radius 3 is 2.33 bits per heavy atom. The molecule has 0 radical (unpaired) electrons. The molecular formula is C16H19BrN2O2. The van der Waals surface area contributed by atoms with E-state index in [1.165, 1.54) is 0 Å². The van der Waals surface area contributed by atoms with Gasteiger partial charge in [0.05, 0.1) is 5.69 Å². The highest BCUT2D eigenvalue weighted by Crippen LogP contribution is 2.43. The monoisotopic (exact) mass is 350 g/mol. The lowest BCUT2D eigenvalue weighted by Crippen LogP contribution is -2.66. The van der Waals surface area contributed by atoms with Crippen LogP contribution in [-0.4, -0.2) is 23.9 Å². The summed E-state index contributed by atoms with van der Waals surface area (Å²) in [4.78, 5) is 26.7. The number of halogens is 1. The van der Waals surface area contributed by atoms with Gasteiger partial charge in [0.25, 0.3) is 5.91 Å². The number of hydrogen-bond acceptors (Lipinski definition) is 2. The average Bonchev–Trinajstić information content (AvgIpc) is 3.18. The minimum Gasteiger partial charge on any atom is -0.340 e. The molecular weight excluding hydrogens is 332 g/mol. The maximum atomic E-state index is 13.0. The third kappa shape index (κ3) is 2.37. The van der Waals surface area contributed by atoms with Crippen molar-refractivity contribution in [2.24, 2.45) is 5.92 Å². The van der Waals surface area contributed by atoms with Gasteiger partial charge in [-0.3, -0.25) is 9.59 Å². The molecule has 1 saturated heterocycles. The van der Waals surface area contributed by atoms with Gasteiger partial charge in [0.15, 0.2) is 0 Å². The third-order valence-corrected chi connectivity index (χ3v) is 4.97. The topological polar surface area (TPSA) is 49.4 Å². The number of aryl methyl sites for hydroxylation is 2. The lowest BCUT2D eigenvalue weighted by Gasteiger charge is -2.41. The molecule has 1 aromatic carbocycles. The minimum absolute atomic E-state index is 0.0122. The Balaban J connectivity index is 2.05. The molecule has 2 aliphatic rings.